The first kappa shape index (κ1) is 11.5. The summed E-state index contributed by atoms with van der Waals surface area (Å²) in [6.45, 7) is 4.01. The molecule has 0 amide bonds. The van der Waals surface area contributed by atoms with Crippen LogP contribution in [0.2, 0.25) is 0 Å². The standard InChI is InChI=1S/C9H11O2.W/c1-3-11-9-6-4-5-8(7-9)10-2;/h4-7H,1,3H2,2H3;/q-1;. The summed E-state index contributed by atoms with van der Waals surface area (Å²) in [5.41, 5.74) is 0. The largest absolute Gasteiger partial charge is 0.525 e. The van der Waals surface area contributed by atoms with Crippen molar-refractivity contribution < 1.29 is 30.5 Å². The van der Waals surface area contributed by atoms with Crippen molar-refractivity contribution in [1.82, 2.24) is 0 Å². The summed E-state index contributed by atoms with van der Waals surface area (Å²) in [7, 11) is 1.63. The van der Waals surface area contributed by atoms with Crippen molar-refractivity contribution >= 4 is 0 Å². The Hall–Kier alpha value is -0.492. The molecule has 2 nitrogen and oxygen atoms in total. The molecule has 0 aromatic heterocycles. The van der Waals surface area contributed by atoms with E-state index >= 15 is 0 Å². The van der Waals surface area contributed by atoms with E-state index in [4.69, 9.17) is 9.47 Å². The average Bonchev–Trinajstić information content (AvgIpc) is 2.06. The first-order chi connectivity index (χ1) is 5.36. The van der Waals surface area contributed by atoms with Crippen LogP contribution in [0, 0.1) is 6.92 Å². The predicted molar refractivity (Wildman–Crippen MR) is 43.8 cm³/mol. The van der Waals surface area contributed by atoms with Gasteiger partial charge in [-0.15, -0.1) is 0 Å². The van der Waals surface area contributed by atoms with Gasteiger partial charge in [0.15, 0.2) is 0 Å². The normalized spacial score (nSPS) is 8.50. The fraction of sp³-hybridized carbons (Fsp3) is 0.222. The summed E-state index contributed by atoms with van der Waals surface area (Å²) >= 11 is 0. The van der Waals surface area contributed by atoms with Gasteiger partial charge < -0.3 is 16.4 Å². The second kappa shape index (κ2) is 6.07. The van der Waals surface area contributed by atoms with Gasteiger partial charge in [-0.25, -0.2) is 0 Å². The summed E-state index contributed by atoms with van der Waals surface area (Å²) in [6, 6.07) is 7.44. The molecule has 1 aromatic rings. The summed E-state index contributed by atoms with van der Waals surface area (Å²) in [4.78, 5) is 0. The van der Waals surface area contributed by atoms with E-state index < -0.39 is 0 Å². The van der Waals surface area contributed by atoms with Gasteiger partial charge in [0.05, 0.1) is 7.11 Å². The van der Waals surface area contributed by atoms with E-state index in [1.165, 1.54) is 0 Å². The molecule has 0 aliphatic rings. The van der Waals surface area contributed by atoms with Crippen LogP contribution in [0.3, 0.4) is 0 Å². The van der Waals surface area contributed by atoms with Crippen LogP contribution in [-0.2, 0) is 21.1 Å². The maximum Gasteiger partial charge on any atom is 0.122 e. The number of ether oxygens (including phenoxy) is 2. The molecular formula is C9H11O2W-. The van der Waals surface area contributed by atoms with Crippen LogP contribution in [0.4, 0.5) is 0 Å². The van der Waals surface area contributed by atoms with E-state index in [1.54, 1.807) is 7.11 Å². The Morgan fingerprint density at radius 3 is 2.58 bits per heavy atom. The van der Waals surface area contributed by atoms with Gasteiger partial charge in [-0.1, -0.05) is 6.07 Å². The third kappa shape index (κ3) is 3.27. The van der Waals surface area contributed by atoms with Gasteiger partial charge in [-0.3, -0.25) is 0 Å². The van der Waals surface area contributed by atoms with Gasteiger partial charge >= 0.3 is 0 Å². The Kier molecular flexibility index (Phi) is 5.82. The summed E-state index contributed by atoms with van der Waals surface area (Å²) in [5, 5.41) is 0. The second-order valence-electron chi connectivity index (χ2n) is 2.03. The zero-order valence-corrected chi connectivity index (χ0v) is 9.88. The maximum absolute atomic E-state index is 5.16. The van der Waals surface area contributed by atoms with E-state index in [2.05, 4.69) is 6.92 Å². The molecule has 0 bridgehead atoms. The molecule has 0 saturated heterocycles. The number of hydrogen-bond donors (Lipinski definition) is 0. The van der Waals surface area contributed by atoms with Crippen LogP contribution in [0.5, 0.6) is 11.5 Å². The van der Waals surface area contributed by atoms with Gasteiger partial charge in [0.25, 0.3) is 0 Å². The zero-order valence-electron chi connectivity index (χ0n) is 6.95. The Bertz CT molecular complexity index is 226. The number of hydrogen-bond acceptors (Lipinski definition) is 2. The quantitative estimate of drug-likeness (QED) is 0.786. The Morgan fingerprint density at radius 1 is 1.33 bits per heavy atom. The van der Waals surface area contributed by atoms with Gasteiger partial charge in [-0.2, -0.15) is 0 Å². The smallest absolute Gasteiger partial charge is 0.122 e. The third-order valence-corrected chi connectivity index (χ3v) is 1.31. The van der Waals surface area contributed by atoms with Gasteiger partial charge in [0, 0.05) is 27.1 Å². The molecule has 0 unspecified atom stereocenters. The molecule has 12 heavy (non-hydrogen) atoms. The SMILES string of the molecule is [CH2-]COc1cccc(OC)c1.[W]. The molecule has 0 heterocycles. The van der Waals surface area contributed by atoms with Crippen molar-refractivity contribution in [2.45, 2.75) is 0 Å². The van der Waals surface area contributed by atoms with Crippen LogP contribution in [0.25, 0.3) is 0 Å². The molecule has 0 atom stereocenters. The van der Waals surface area contributed by atoms with Crippen molar-refractivity contribution in [3.63, 3.8) is 0 Å². The third-order valence-electron chi connectivity index (χ3n) is 1.31. The molecule has 0 spiro atoms. The molecule has 1 rings (SSSR count). The topological polar surface area (TPSA) is 18.5 Å². The van der Waals surface area contributed by atoms with Gasteiger partial charge in [0.1, 0.15) is 11.5 Å². The van der Waals surface area contributed by atoms with Crippen molar-refractivity contribution in [2.24, 2.45) is 0 Å². The number of benzene rings is 1. The fourth-order valence-corrected chi connectivity index (χ4v) is 0.809. The van der Waals surface area contributed by atoms with Crippen LogP contribution in [-0.4, -0.2) is 13.7 Å². The van der Waals surface area contributed by atoms with E-state index in [0.29, 0.717) is 6.61 Å². The molecule has 0 aliphatic heterocycles. The molecule has 0 fully saturated rings. The van der Waals surface area contributed by atoms with Crippen LogP contribution < -0.4 is 9.47 Å². The Morgan fingerprint density at radius 2 is 2.00 bits per heavy atom. The Labute approximate surface area is 87.1 Å². The minimum absolute atomic E-state index is 0. The van der Waals surface area contributed by atoms with Crippen molar-refractivity contribution in [2.75, 3.05) is 13.7 Å². The number of methoxy groups -OCH3 is 1. The monoisotopic (exact) mass is 335 g/mol. The molecule has 1 aromatic carbocycles. The second-order valence-corrected chi connectivity index (χ2v) is 2.03. The van der Waals surface area contributed by atoms with Crippen LogP contribution in [0.1, 0.15) is 0 Å². The summed E-state index contributed by atoms with van der Waals surface area (Å²) in [5.74, 6) is 1.59. The van der Waals surface area contributed by atoms with E-state index in [1.807, 2.05) is 24.3 Å². The van der Waals surface area contributed by atoms with E-state index in [0.717, 1.165) is 11.5 Å². The fourth-order valence-electron chi connectivity index (χ4n) is 0.809. The van der Waals surface area contributed by atoms with Gasteiger partial charge in [0.2, 0.25) is 0 Å². The predicted octanol–water partition coefficient (Wildman–Crippen LogP) is 1.91. The van der Waals surface area contributed by atoms with E-state index in [-0.39, 0.29) is 21.1 Å². The van der Waals surface area contributed by atoms with Crippen LogP contribution >= 0.6 is 0 Å². The molecule has 3 heteroatoms. The van der Waals surface area contributed by atoms with Gasteiger partial charge in [-0.05, 0) is 18.7 Å². The molecule has 66 valence electrons. The minimum atomic E-state index is 0. The van der Waals surface area contributed by atoms with Crippen LogP contribution in [0.15, 0.2) is 24.3 Å². The first-order valence-corrected chi connectivity index (χ1v) is 3.43. The molecular weight excluding hydrogens is 324 g/mol. The average molecular weight is 335 g/mol. The molecule has 0 N–H and O–H groups in total. The maximum atomic E-state index is 5.16. The molecule has 0 aliphatic carbocycles. The Balaban J connectivity index is 0.00000121. The van der Waals surface area contributed by atoms with Crippen molar-refractivity contribution in [3.05, 3.63) is 31.2 Å². The van der Waals surface area contributed by atoms with Crippen molar-refractivity contribution in [3.8, 4) is 11.5 Å². The summed E-state index contributed by atoms with van der Waals surface area (Å²) in [6.07, 6.45) is 0. The zero-order chi connectivity index (χ0) is 8.10. The molecule has 0 saturated carbocycles. The molecule has 0 radical (unpaired) electrons. The van der Waals surface area contributed by atoms with Crippen molar-refractivity contribution in [1.29, 1.82) is 0 Å². The number of rotatable bonds is 3. The van der Waals surface area contributed by atoms with E-state index in [9.17, 15) is 0 Å². The first-order valence-electron chi connectivity index (χ1n) is 3.43. The minimum Gasteiger partial charge on any atom is -0.525 e. The summed E-state index contributed by atoms with van der Waals surface area (Å²) < 4.78 is 10.2.